The summed E-state index contributed by atoms with van der Waals surface area (Å²) in [7, 11) is 1.17. The molecule has 2 aromatic rings. The first-order valence-electron chi connectivity index (χ1n) is 5.92. The fraction of sp³-hybridized carbons (Fsp3) is 0.214. The van der Waals surface area contributed by atoms with Crippen LogP contribution in [0.4, 0.5) is 26.3 Å². The number of benzene rings is 1. The van der Waals surface area contributed by atoms with Crippen LogP contribution in [0.5, 0.6) is 5.75 Å². The number of hydrogen-bond acceptors (Lipinski definition) is 2. The quantitative estimate of drug-likeness (QED) is 0.742. The van der Waals surface area contributed by atoms with Crippen molar-refractivity contribution in [1.82, 2.24) is 4.98 Å². The highest BCUT2D eigenvalue weighted by Gasteiger charge is 2.37. The summed E-state index contributed by atoms with van der Waals surface area (Å²) in [6, 6.07) is 4.54. The van der Waals surface area contributed by atoms with Gasteiger partial charge >= 0.3 is 12.4 Å². The highest BCUT2D eigenvalue weighted by molar-refractivity contribution is 5.73. The summed E-state index contributed by atoms with van der Waals surface area (Å²) in [4.78, 5) is 3.28. The molecule has 2 rings (SSSR count). The molecular formula is C14H9F6NO. The van der Waals surface area contributed by atoms with E-state index in [0.29, 0.717) is 12.1 Å². The van der Waals surface area contributed by atoms with Crippen LogP contribution in [0.2, 0.25) is 0 Å². The molecule has 0 saturated carbocycles. The lowest BCUT2D eigenvalue weighted by molar-refractivity contribution is -0.141. The largest absolute Gasteiger partial charge is 0.496 e. The van der Waals surface area contributed by atoms with Crippen molar-refractivity contribution in [2.24, 2.45) is 0 Å². The Labute approximate surface area is 121 Å². The molecule has 0 saturated heterocycles. The Bertz CT molecular complexity index is 661. The molecule has 0 aliphatic rings. The maximum atomic E-state index is 13.0. The Kier molecular flexibility index (Phi) is 4.04. The van der Waals surface area contributed by atoms with Gasteiger partial charge in [-0.15, -0.1) is 0 Å². The summed E-state index contributed by atoms with van der Waals surface area (Å²) < 4.78 is 81.5. The molecule has 0 fully saturated rings. The van der Waals surface area contributed by atoms with Crippen LogP contribution in [0.1, 0.15) is 11.3 Å². The van der Waals surface area contributed by atoms with E-state index in [2.05, 4.69) is 4.98 Å². The summed E-state index contributed by atoms with van der Waals surface area (Å²) in [5.41, 5.74) is -2.63. The number of hydrogen-bond donors (Lipinski definition) is 0. The summed E-state index contributed by atoms with van der Waals surface area (Å²) >= 11 is 0. The second kappa shape index (κ2) is 5.51. The summed E-state index contributed by atoms with van der Waals surface area (Å²) in [6.45, 7) is 0. The third kappa shape index (κ3) is 3.15. The molecule has 0 N–H and O–H groups in total. The fourth-order valence-corrected chi connectivity index (χ4v) is 1.93. The molecule has 2 nitrogen and oxygen atoms in total. The molecule has 0 atom stereocenters. The van der Waals surface area contributed by atoms with E-state index in [1.807, 2.05) is 0 Å². The molecular weight excluding hydrogens is 312 g/mol. The van der Waals surface area contributed by atoms with Crippen molar-refractivity contribution >= 4 is 0 Å². The number of alkyl halides is 6. The lowest BCUT2D eigenvalue weighted by atomic mass is 10.0. The predicted molar refractivity (Wildman–Crippen MR) is 66.2 cm³/mol. The van der Waals surface area contributed by atoms with Crippen LogP contribution < -0.4 is 4.74 Å². The van der Waals surface area contributed by atoms with Gasteiger partial charge in [0.2, 0.25) is 0 Å². The highest BCUT2D eigenvalue weighted by Crippen LogP contribution is 2.41. The van der Waals surface area contributed by atoms with Crippen molar-refractivity contribution in [3.05, 3.63) is 47.8 Å². The topological polar surface area (TPSA) is 22.1 Å². The van der Waals surface area contributed by atoms with Gasteiger partial charge in [0, 0.05) is 6.20 Å². The maximum Gasteiger partial charge on any atom is 0.434 e. The molecule has 0 amide bonds. The smallest absolute Gasteiger partial charge is 0.434 e. The van der Waals surface area contributed by atoms with E-state index < -0.39 is 29.2 Å². The van der Waals surface area contributed by atoms with Crippen LogP contribution in [0.25, 0.3) is 11.1 Å². The second-order valence-corrected chi connectivity index (χ2v) is 4.31. The Morgan fingerprint density at radius 3 is 1.91 bits per heavy atom. The van der Waals surface area contributed by atoms with Crippen LogP contribution in [-0.4, -0.2) is 12.1 Å². The average Bonchev–Trinajstić information content (AvgIpc) is 2.44. The molecule has 0 spiro atoms. The number of pyridine rings is 1. The van der Waals surface area contributed by atoms with Gasteiger partial charge in [0.25, 0.3) is 0 Å². The van der Waals surface area contributed by atoms with Gasteiger partial charge in [-0.05, 0) is 23.8 Å². The number of halogens is 6. The molecule has 0 aliphatic carbocycles. The van der Waals surface area contributed by atoms with E-state index >= 15 is 0 Å². The van der Waals surface area contributed by atoms with E-state index in [4.69, 9.17) is 4.74 Å². The summed E-state index contributed by atoms with van der Waals surface area (Å²) in [5.74, 6) is -0.123. The van der Waals surface area contributed by atoms with Crippen LogP contribution in [0.3, 0.4) is 0 Å². The van der Waals surface area contributed by atoms with E-state index in [1.165, 1.54) is 13.2 Å². The van der Waals surface area contributed by atoms with E-state index in [9.17, 15) is 26.3 Å². The minimum atomic E-state index is -4.76. The van der Waals surface area contributed by atoms with Gasteiger partial charge in [0.05, 0.1) is 18.2 Å². The SMILES string of the molecule is COc1ccnc(C(F)(F)F)c1-c1ccc(C(F)(F)F)cc1. The molecule has 8 heteroatoms. The lowest BCUT2D eigenvalue weighted by Gasteiger charge is -2.15. The number of methoxy groups -OCH3 is 1. The molecule has 0 unspecified atom stereocenters. The summed E-state index contributed by atoms with van der Waals surface area (Å²) in [6.07, 6.45) is -8.40. The number of rotatable bonds is 2. The van der Waals surface area contributed by atoms with E-state index in [1.54, 1.807) is 0 Å². The Hall–Kier alpha value is -2.25. The minimum absolute atomic E-state index is 0.0646. The van der Waals surface area contributed by atoms with Gasteiger partial charge in [0.1, 0.15) is 5.75 Å². The Balaban J connectivity index is 2.61. The van der Waals surface area contributed by atoms with Gasteiger partial charge in [-0.3, -0.25) is 4.98 Å². The third-order valence-electron chi connectivity index (χ3n) is 2.90. The van der Waals surface area contributed by atoms with E-state index in [0.717, 1.165) is 18.3 Å². The summed E-state index contributed by atoms with van der Waals surface area (Å²) in [5, 5.41) is 0. The maximum absolute atomic E-state index is 13.0. The number of aromatic nitrogens is 1. The van der Waals surface area contributed by atoms with Gasteiger partial charge < -0.3 is 4.74 Å². The molecule has 22 heavy (non-hydrogen) atoms. The zero-order chi connectivity index (χ0) is 16.5. The zero-order valence-corrected chi connectivity index (χ0v) is 11.1. The van der Waals surface area contributed by atoms with Gasteiger partial charge in [0.15, 0.2) is 5.69 Å². The molecule has 0 radical (unpaired) electrons. The monoisotopic (exact) mass is 321 g/mol. The first-order chi connectivity index (χ1) is 10.1. The second-order valence-electron chi connectivity index (χ2n) is 4.31. The first kappa shape index (κ1) is 16.1. The number of ether oxygens (including phenoxy) is 1. The fourth-order valence-electron chi connectivity index (χ4n) is 1.93. The van der Waals surface area contributed by atoms with E-state index in [-0.39, 0.29) is 11.3 Å². The Morgan fingerprint density at radius 2 is 1.45 bits per heavy atom. The predicted octanol–water partition coefficient (Wildman–Crippen LogP) is 4.79. The molecule has 1 aromatic heterocycles. The molecule has 1 heterocycles. The van der Waals surface area contributed by atoms with Crippen molar-refractivity contribution in [1.29, 1.82) is 0 Å². The highest BCUT2D eigenvalue weighted by atomic mass is 19.4. The number of nitrogens with zero attached hydrogens (tertiary/aromatic N) is 1. The molecule has 0 bridgehead atoms. The van der Waals surface area contributed by atoms with Crippen molar-refractivity contribution in [2.75, 3.05) is 7.11 Å². The van der Waals surface area contributed by atoms with Gasteiger partial charge in [-0.2, -0.15) is 26.3 Å². The molecule has 1 aromatic carbocycles. The third-order valence-corrected chi connectivity index (χ3v) is 2.90. The molecule has 0 aliphatic heterocycles. The van der Waals surface area contributed by atoms with Crippen LogP contribution in [0.15, 0.2) is 36.5 Å². The normalized spacial score (nSPS) is 12.3. The standard InChI is InChI=1S/C14H9F6NO/c1-22-10-6-7-21-12(14(18,19)20)11(10)8-2-4-9(5-3-8)13(15,16)17/h2-7H,1H3. The molecule has 118 valence electrons. The zero-order valence-electron chi connectivity index (χ0n) is 11.1. The first-order valence-corrected chi connectivity index (χ1v) is 5.92. The minimum Gasteiger partial charge on any atom is -0.496 e. The van der Waals surface area contributed by atoms with Crippen LogP contribution >= 0.6 is 0 Å². The van der Waals surface area contributed by atoms with Crippen molar-refractivity contribution in [3.8, 4) is 16.9 Å². The van der Waals surface area contributed by atoms with Crippen molar-refractivity contribution in [3.63, 3.8) is 0 Å². The van der Waals surface area contributed by atoms with Crippen LogP contribution in [0, 0.1) is 0 Å². The average molecular weight is 321 g/mol. The Morgan fingerprint density at radius 1 is 0.864 bits per heavy atom. The van der Waals surface area contributed by atoms with Gasteiger partial charge in [-0.1, -0.05) is 12.1 Å². The van der Waals surface area contributed by atoms with Crippen molar-refractivity contribution in [2.45, 2.75) is 12.4 Å². The van der Waals surface area contributed by atoms with Crippen LogP contribution in [-0.2, 0) is 12.4 Å². The van der Waals surface area contributed by atoms with Gasteiger partial charge in [-0.25, -0.2) is 0 Å². The van der Waals surface area contributed by atoms with Crippen molar-refractivity contribution < 1.29 is 31.1 Å². The lowest BCUT2D eigenvalue weighted by Crippen LogP contribution is -2.11.